The predicted molar refractivity (Wildman–Crippen MR) is 74.8 cm³/mol. The van der Waals surface area contributed by atoms with Crippen LogP contribution in [0.25, 0.3) is 0 Å². The molecule has 0 aromatic heterocycles. The Morgan fingerprint density at radius 1 is 0.824 bits per heavy atom. The maximum absolute atomic E-state index is 10.5. The molecule has 1 aromatic rings. The number of benzene rings is 1. The average Bonchev–Trinajstić information content (AvgIpc) is 2.36. The summed E-state index contributed by atoms with van der Waals surface area (Å²) in [6, 6.07) is 6.26. The zero-order valence-corrected chi connectivity index (χ0v) is 11.7. The second-order valence-electron chi connectivity index (χ2n) is 4.81. The molecule has 0 heterocycles. The van der Waals surface area contributed by atoms with Crippen LogP contribution < -0.4 is 0 Å². The van der Waals surface area contributed by atoms with E-state index in [9.17, 15) is 5.11 Å². The first-order chi connectivity index (χ1) is 8.19. The molecule has 0 unspecified atom stereocenters. The average molecular weight is 234 g/mol. The van der Waals surface area contributed by atoms with Crippen molar-refractivity contribution in [3.63, 3.8) is 0 Å². The lowest BCUT2D eigenvalue weighted by atomic mass is 9.86. The summed E-state index contributed by atoms with van der Waals surface area (Å²) >= 11 is 0. The van der Waals surface area contributed by atoms with Crippen molar-refractivity contribution >= 4 is 0 Å². The Hall–Kier alpha value is -0.980. The van der Waals surface area contributed by atoms with Crippen LogP contribution in [-0.4, -0.2) is 5.11 Å². The number of hydrogen-bond acceptors (Lipinski definition) is 1. The van der Waals surface area contributed by atoms with Crippen LogP contribution in [0.15, 0.2) is 18.2 Å². The zero-order chi connectivity index (χ0) is 12.8. The molecule has 0 aliphatic carbocycles. The lowest BCUT2D eigenvalue weighted by molar-refractivity contribution is 0.441. The summed E-state index contributed by atoms with van der Waals surface area (Å²) in [4.78, 5) is 0. The van der Waals surface area contributed by atoms with Crippen LogP contribution in [-0.2, 0) is 0 Å². The number of rotatable bonds is 6. The van der Waals surface area contributed by atoms with E-state index in [0.29, 0.717) is 17.6 Å². The van der Waals surface area contributed by atoms with Gasteiger partial charge in [-0.2, -0.15) is 0 Å². The van der Waals surface area contributed by atoms with Crippen molar-refractivity contribution in [1.29, 1.82) is 0 Å². The predicted octanol–water partition coefficient (Wildman–Crippen LogP) is 5.20. The van der Waals surface area contributed by atoms with Crippen molar-refractivity contribution in [2.45, 2.75) is 65.2 Å². The van der Waals surface area contributed by atoms with Gasteiger partial charge >= 0.3 is 0 Å². The highest BCUT2D eigenvalue weighted by Crippen LogP contribution is 2.38. The summed E-state index contributed by atoms with van der Waals surface area (Å²) in [5.41, 5.74) is 2.28. The highest BCUT2D eigenvalue weighted by atomic mass is 16.3. The summed E-state index contributed by atoms with van der Waals surface area (Å²) < 4.78 is 0. The van der Waals surface area contributed by atoms with E-state index in [4.69, 9.17) is 0 Å². The smallest absolute Gasteiger partial charge is 0.122 e. The van der Waals surface area contributed by atoms with Crippen molar-refractivity contribution in [2.75, 3.05) is 0 Å². The van der Waals surface area contributed by atoms with Crippen LogP contribution in [0.5, 0.6) is 5.75 Å². The van der Waals surface area contributed by atoms with Gasteiger partial charge in [0.15, 0.2) is 0 Å². The van der Waals surface area contributed by atoms with Gasteiger partial charge < -0.3 is 5.11 Å². The lowest BCUT2D eigenvalue weighted by Crippen LogP contribution is -2.01. The van der Waals surface area contributed by atoms with Crippen LogP contribution in [0.4, 0.5) is 0 Å². The molecule has 1 heteroatoms. The molecule has 17 heavy (non-hydrogen) atoms. The molecule has 0 fully saturated rings. The van der Waals surface area contributed by atoms with Gasteiger partial charge in [0.05, 0.1) is 0 Å². The van der Waals surface area contributed by atoms with Gasteiger partial charge in [-0.1, -0.05) is 45.9 Å². The van der Waals surface area contributed by atoms with E-state index >= 15 is 0 Å². The number of para-hydroxylation sites is 1. The molecule has 0 amide bonds. The van der Waals surface area contributed by atoms with Gasteiger partial charge in [-0.15, -0.1) is 0 Å². The molecule has 1 N–H and O–H groups in total. The summed E-state index contributed by atoms with van der Waals surface area (Å²) in [5, 5.41) is 10.5. The lowest BCUT2D eigenvalue weighted by Gasteiger charge is -2.20. The van der Waals surface area contributed by atoms with Gasteiger partial charge in [0.25, 0.3) is 0 Å². The number of hydrogen-bond donors (Lipinski definition) is 1. The summed E-state index contributed by atoms with van der Waals surface area (Å²) in [6.07, 6.45) is 4.37. The Kier molecular flexibility index (Phi) is 5.54. The van der Waals surface area contributed by atoms with Gasteiger partial charge in [-0.3, -0.25) is 0 Å². The zero-order valence-electron chi connectivity index (χ0n) is 11.7. The molecule has 1 nitrogen and oxygen atoms in total. The fraction of sp³-hybridized carbons (Fsp3) is 0.625. The minimum absolute atomic E-state index is 0.490. The first-order valence-corrected chi connectivity index (χ1v) is 7.01. The van der Waals surface area contributed by atoms with E-state index in [1.54, 1.807) is 0 Å². The molecule has 96 valence electrons. The largest absolute Gasteiger partial charge is 0.507 e. The maximum atomic E-state index is 10.5. The third kappa shape index (κ3) is 3.02. The summed E-state index contributed by atoms with van der Waals surface area (Å²) in [5.74, 6) is 1.53. The molecule has 0 aliphatic rings. The minimum Gasteiger partial charge on any atom is -0.507 e. The Morgan fingerprint density at radius 2 is 1.18 bits per heavy atom. The minimum atomic E-state index is 0.490. The molecule has 0 saturated carbocycles. The van der Waals surface area contributed by atoms with Crippen molar-refractivity contribution in [3.05, 3.63) is 29.3 Å². The van der Waals surface area contributed by atoms with Crippen molar-refractivity contribution < 1.29 is 5.11 Å². The van der Waals surface area contributed by atoms with E-state index in [1.807, 2.05) is 0 Å². The first-order valence-electron chi connectivity index (χ1n) is 7.01. The van der Waals surface area contributed by atoms with E-state index < -0.39 is 0 Å². The molecular weight excluding hydrogens is 208 g/mol. The molecule has 0 spiro atoms. The summed E-state index contributed by atoms with van der Waals surface area (Å²) in [6.45, 7) is 8.77. The maximum Gasteiger partial charge on any atom is 0.122 e. The van der Waals surface area contributed by atoms with E-state index in [1.165, 1.54) is 0 Å². The molecule has 0 saturated heterocycles. The molecule has 1 rings (SSSR count). The fourth-order valence-corrected chi connectivity index (χ4v) is 2.70. The Morgan fingerprint density at radius 3 is 1.47 bits per heavy atom. The molecular formula is C16H26O. The van der Waals surface area contributed by atoms with Gasteiger partial charge in [-0.25, -0.2) is 0 Å². The normalized spacial score (nSPS) is 11.4. The van der Waals surface area contributed by atoms with Crippen LogP contribution >= 0.6 is 0 Å². The van der Waals surface area contributed by atoms with Gasteiger partial charge in [0.2, 0.25) is 0 Å². The standard InChI is InChI=1S/C16H26O/c1-5-12(6-2)14-10-9-11-15(16(14)17)13(7-3)8-4/h9-13,17H,5-8H2,1-4H3. The van der Waals surface area contributed by atoms with E-state index in [-0.39, 0.29) is 0 Å². The highest BCUT2D eigenvalue weighted by molar-refractivity contribution is 5.44. The van der Waals surface area contributed by atoms with Gasteiger partial charge in [-0.05, 0) is 48.6 Å². The third-order valence-electron chi connectivity index (χ3n) is 3.95. The molecule has 0 aliphatic heterocycles. The molecule has 0 radical (unpaired) electrons. The van der Waals surface area contributed by atoms with Crippen LogP contribution in [0.2, 0.25) is 0 Å². The Bertz CT molecular complexity index is 305. The fourth-order valence-electron chi connectivity index (χ4n) is 2.70. The monoisotopic (exact) mass is 234 g/mol. The molecule has 0 bridgehead atoms. The Balaban J connectivity index is 3.14. The van der Waals surface area contributed by atoms with Crippen LogP contribution in [0, 0.1) is 0 Å². The number of phenolic OH excluding ortho intramolecular Hbond substituents is 1. The van der Waals surface area contributed by atoms with E-state index in [2.05, 4.69) is 45.9 Å². The molecule has 0 atom stereocenters. The molecule has 1 aromatic carbocycles. The summed E-state index contributed by atoms with van der Waals surface area (Å²) in [7, 11) is 0. The third-order valence-corrected chi connectivity index (χ3v) is 3.95. The first kappa shape index (κ1) is 14.1. The number of aromatic hydroxyl groups is 1. The van der Waals surface area contributed by atoms with Crippen molar-refractivity contribution in [1.82, 2.24) is 0 Å². The van der Waals surface area contributed by atoms with Crippen molar-refractivity contribution in [3.8, 4) is 5.75 Å². The van der Waals surface area contributed by atoms with Gasteiger partial charge in [0, 0.05) is 0 Å². The topological polar surface area (TPSA) is 20.2 Å². The SMILES string of the molecule is CCC(CC)c1cccc(C(CC)CC)c1O. The number of phenols is 1. The van der Waals surface area contributed by atoms with Crippen LogP contribution in [0.1, 0.15) is 76.3 Å². The Labute approximate surface area is 106 Å². The van der Waals surface area contributed by atoms with E-state index in [0.717, 1.165) is 36.8 Å². The van der Waals surface area contributed by atoms with Crippen LogP contribution in [0.3, 0.4) is 0 Å². The van der Waals surface area contributed by atoms with Gasteiger partial charge in [0.1, 0.15) is 5.75 Å². The second kappa shape index (κ2) is 6.68. The van der Waals surface area contributed by atoms with Crippen molar-refractivity contribution in [2.24, 2.45) is 0 Å². The highest BCUT2D eigenvalue weighted by Gasteiger charge is 2.18. The quantitative estimate of drug-likeness (QED) is 0.717. The second-order valence-corrected chi connectivity index (χ2v) is 4.81.